The van der Waals surface area contributed by atoms with E-state index >= 15 is 0 Å². The molecule has 1 rings (SSSR count). The first-order chi connectivity index (χ1) is 9.10. The third-order valence-corrected chi connectivity index (χ3v) is 3.08. The second-order valence-electron chi connectivity index (χ2n) is 5.22. The van der Waals surface area contributed by atoms with Crippen molar-refractivity contribution in [3.8, 4) is 0 Å². The SMILES string of the molecule is Cc1nc(C)c(C(=O)O)c(SCC(=O)OC(C)(C)C)n1. The summed E-state index contributed by atoms with van der Waals surface area (Å²) in [6, 6.07) is 0. The second kappa shape index (κ2) is 6.21. The van der Waals surface area contributed by atoms with Crippen LogP contribution in [0.1, 0.15) is 42.6 Å². The average Bonchev–Trinajstić information content (AvgIpc) is 2.22. The molecule has 0 radical (unpaired) electrons. The van der Waals surface area contributed by atoms with Crippen molar-refractivity contribution < 1.29 is 19.4 Å². The van der Waals surface area contributed by atoms with Gasteiger partial charge >= 0.3 is 11.9 Å². The number of ether oxygens (including phenoxy) is 1. The van der Waals surface area contributed by atoms with Crippen molar-refractivity contribution in [2.24, 2.45) is 0 Å². The predicted octanol–water partition coefficient (Wildman–Crippen LogP) is 2.23. The molecule has 7 heteroatoms. The molecule has 0 saturated heterocycles. The highest BCUT2D eigenvalue weighted by Gasteiger charge is 2.20. The van der Waals surface area contributed by atoms with Gasteiger partial charge in [0.1, 0.15) is 22.0 Å². The van der Waals surface area contributed by atoms with Gasteiger partial charge in [-0.1, -0.05) is 11.8 Å². The zero-order valence-corrected chi connectivity index (χ0v) is 13.0. The number of aryl methyl sites for hydroxylation is 2. The molecule has 0 fully saturated rings. The molecular weight excluding hydrogens is 280 g/mol. The minimum Gasteiger partial charge on any atom is -0.478 e. The normalized spacial score (nSPS) is 11.2. The monoisotopic (exact) mass is 298 g/mol. The van der Waals surface area contributed by atoms with Crippen molar-refractivity contribution >= 4 is 23.7 Å². The maximum atomic E-state index is 11.6. The second-order valence-corrected chi connectivity index (χ2v) is 6.18. The van der Waals surface area contributed by atoms with E-state index in [9.17, 15) is 14.7 Å². The molecule has 0 aliphatic heterocycles. The summed E-state index contributed by atoms with van der Waals surface area (Å²) in [5.41, 5.74) is -0.147. The van der Waals surface area contributed by atoms with Gasteiger partial charge in [-0.15, -0.1) is 0 Å². The Balaban J connectivity index is 2.88. The lowest BCUT2D eigenvalue weighted by Crippen LogP contribution is -2.25. The van der Waals surface area contributed by atoms with Crippen LogP contribution in [0.2, 0.25) is 0 Å². The molecule has 1 aromatic heterocycles. The maximum absolute atomic E-state index is 11.6. The van der Waals surface area contributed by atoms with E-state index in [0.717, 1.165) is 11.8 Å². The number of hydrogen-bond acceptors (Lipinski definition) is 6. The molecule has 20 heavy (non-hydrogen) atoms. The minimum atomic E-state index is -1.10. The van der Waals surface area contributed by atoms with Crippen LogP contribution in [0.5, 0.6) is 0 Å². The highest BCUT2D eigenvalue weighted by atomic mass is 32.2. The molecule has 0 amide bonds. The van der Waals surface area contributed by atoms with E-state index in [4.69, 9.17) is 4.74 Å². The number of thioether (sulfide) groups is 1. The third-order valence-electron chi connectivity index (χ3n) is 2.13. The van der Waals surface area contributed by atoms with Crippen LogP contribution in [0.25, 0.3) is 0 Å². The summed E-state index contributed by atoms with van der Waals surface area (Å²) >= 11 is 1.05. The van der Waals surface area contributed by atoms with Crippen LogP contribution in [0.3, 0.4) is 0 Å². The van der Waals surface area contributed by atoms with Gasteiger partial charge in [0.15, 0.2) is 0 Å². The van der Waals surface area contributed by atoms with Crippen LogP contribution in [-0.2, 0) is 9.53 Å². The van der Waals surface area contributed by atoms with Crippen molar-refractivity contribution in [2.75, 3.05) is 5.75 Å². The van der Waals surface area contributed by atoms with Crippen LogP contribution < -0.4 is 0 Å². The van der Waals surface area contributed by atoms with Gasteiger partial charge in [-0.2, -0.15) is 0 Å². The molecule has 0 spiro atoms. The molecular formula is C13H18N2O4S. The van der Waals surface area contributed by atoms with Crippen molar-refractivity contribution in [1.82, 2.24) is 9.97 Å². The third kappa shape index (κ3) is 4.80. The van der Waals surface area contributed by atoms with E-state index in [-0.39, 0.29) is 16.3 Å². The van der Waals surface area contributed by atoms with Gasteiger partial charge in [0.05, 0.1) is 11.4 Å². The highest BCUT2D eigenvalue weighted by Crippen LogP contribution is 2.23. The summed E-state index contributed by atoms with van der Waals surface area (Å²) in [6.07, 6.45) is 0. The first-order valence-electron chi connectivity index (χ1n) is 6.03. The minimum absolute atomic E-state index is 0.00738. The van der Waals surface area contributed by atoms with Gasteiger partial charge in [-0.25, -0.2) is 14.8 Å². The fraction of sp³-hybridized carbons (Fsp3) is 0.538. The van der Waals surface area contributed by atoms with E-state index in [1.54, 1.807) is 34.6 Å². The van der Waals surface area contributed by atoms with Crippen molar-refractivity contribution in [3.05, 3.63) is 17.1 Å². The quantitative estimate of drug-likeness (QED) is 0.518. The molecule has 0 unspecified atom stereocenters. The number of rotatable bonds is 4. The number of carbonyl (C=O) groups excluding carboxylic acids is 1. The number of esters is 1. The van der Waals surface area contributed by atoms with Crippen molar-refractivity contribution in [1.29, 1.82) is 0 Å². The fourth-order valence-electron chi connectivity index (χ4n) is 1.53. The van der Waals surface area contributed by atoms with Gasteiger partial charge in [0, 0.05) is 0 Å². The van der Waals surface area contributed by atoms with Crippen LogP contribution >= 0.6 is 11.8 Å². The van der Waals surface area contributed by atoms with Gasteiger partial charge in [-0.3, -0.25) is 4.79 Å². The Labute approximate surface area is 122 Å². The Kier molecular flexibility index (Phi) is 5.10. The van der Waals surface area contributed by atoms with Crippen LogP contribution in [0, 0.1) is 13.8 Å². The van der Waals surface area contributed by atoms with Crippen LogP contribution in [0.4, 0.5) is 0 Å². The molecule has 0 aliphatic carbocycles. The number of nitrogens with zero attached hydrogens (tertiary/aromatic N) is 2. The Hall–Kier alpha value is -1.63. The first kappa shape index (κ1) is 16.4. The smallest absolute Gasteiger partial charge is 0.340 e. The molecule has 0 aromatic carbocycles. The van der Waals surface area contributed by atoms with Gasteiger partial charge < -0.3 is 9.84 Å². The van der Waals surface area contributed by atoms with Crippen molar-refractivity contribution in [3.63, 3.8) is 0 Å². The summed E-state index contributed by atoms with van der Waals surface area (Å²) in [4.78, 5) is 31.0. The van der Waals surface area contributed by atoms with E-state index < -0.39 is 17.5 Å². The molecule has 1 N–H and O–H groups in total. The summed E-state index contributed by atoms with van der Waals surface area (Å²) in [7, 11) is 0. The lowest BCUT2D eigenvalue weighted by Gasteiger charge is -2.19. The predicted molar refractivity (Wildman–Crippen MR) is 75.0 cm³/mol. The number of hydrogen-bond donors (Lipinski definition) is 1. The molecule has 0 aliphatic rings. The molecule has 110 valence electrons. The zero-order valence-electron chi connectivity index (χ0n) is 12.2. The average molecular weight is 298 g/mol. The Morgan fingerprint density at radius 1 is 1.25 bits per heavy atom. The maximum Gasteiger partial charge on any atom is 0.340 e. The summed E-state index contributed by atoms with van der Waals surface area (Å²) in [5.74, 6) is -1.03. The lowest BCUT2D eigenvalue weighted by atomic mass is 10.2. The Morgan fingerprint density at radius 2 is 1.85 bits per heavy atom. The van der Waals surface area contributed by atoms with E-state index in [1.165, 1.54) is 0 Å². The zero-order chi connectivity index (χ0) is 15.5. The molecule has 0 saturated carbocycles. The highest BCUT2D eigenvalue weighted by molar-refractivity contribution is 8.00. The van der Waals surface area contributed by atoms with Crippen LogP contribution in [-0.4, -0.2) is 38.4 Å². The topological polar surface area (TPSA) is 89.4 Å². The van der Waals surface area contributed by atoms with E-state index in [0.29, 0.717) is 11.5 Å². The molecule has 0 atom stereocenters. The van der Waals surface area contributed by atoms with Crippen molar-refractivity contribution in [2.45, 2.75) is 45.2 Å². The summed E-state index contributed by atoms with van der Waals surface area (Å²) in [5, 5.41) is 9.47. The fourth-order valence-corrected chi connectivity index (χ4v) is 2.42. The summed E-state index contributed by atoms with van der Waals surface area (Å²) < 4.78 is 5.17. The Morgan fingerprint density at radius 3 is 2.35 bits per heavy atom. The molecule has 0 bridgehead atoms. The first-order valence-corrected chi connectivity index (χ1v) is 7.02. The Bertz CT molecular complexity index is 538. The number of aromatic carboxylic acids is 1. The standard InChI is InChI=1S/C13H18N2O4S/c1-7-10(12(17)18)11(15-8(2)14-7)20-6-9(16)19-13(3,4)5/h6H2,1-5H3,(H,17,18). The van der Waals surface area contributed by atoms with Gasteiger partial charge in [0.2, 0.25) is 0 Å². The van der Waals surface area contributed by atoms with E-state index in [2.05, 4.69) is 9.97 Å². The van der Waals surface area contributed by atoms with E-state index in [1.807, 2.05) is 0 Å². The lowest BCUT2D eigenvalue weighted by molar-refractivity contribution is -0.151. The number of aromatic nitrogens is 2. The largest absolute Gasteiger partial charge is 0.478 e. The van der Waals surface area contributed by atoms with Gasteiger partial charge in [0.25, 0.3) is 0 Å². The number of carbonyl (C=O) groups is 2. The molecule has 1 heterocycles. The van der Waals surface area contributed by atoms with Gasteiger partial charge in [-0.05, 0) is 34.6 Å². The molecule has 6 nitrogen and oxygen atoms in total. The number of carboxylic acid groups (broad SMARTS) is 1. The molecule has 1 aromatic rings. The number of carboxylic acids is 1. The summed E-state index contributed by atoms with van der Waals surface area (Å²) in [6.45, 7) is 8.61. The van der Waals surface area contributed by atoms with Crippen LogP contribution in [0.15, 0.2) is 5.03 Å².